The van der Waals surface area contributed by atoms with Gasteiger partial charge in [-0.25, -0.2) is 0 Å². The highest BCUT2D eigenvalue weighted by atomic mass is 32.1. The topological polar surface area (TPSA) is 80.6 Å². The lowest BCUT2D eigenvalue weighted by Crippen LogP contribution is -2.37. The average Bonchev–Trinajstić information content (AvgIpc) is 3.15. The zero-order chi connectivity index (χ0) is 21.0. The summed E-state index contributed by atoms with van der Waals surface area (Å²) < 4.78 is 6.97. The first kappa shape index (κ1) is 21.1. The smallest absolute Gasteiger partial charge is 0.257 e. The molecule has 3 rings (SSSR count). The van der Waals surface area contributed by atoms with Gasteiger partial charge in [-0.1, -0.05) is 13.8 Å². The molecule has 0 aromatic carbocycles. The minimum atomic E-state index is -0.279. The second-order valence-corrected chi connectivity index (χ2v) is 8.00. The number of nitrogens with one attached hydrogen (secondary N) is 1. The maximum Gasteiger partial charge on any atom is 0.257 e. The third kappa shape index (κ3) is 4.53. The van der Waals surface area contributed by atoms with Gasteiger partial charge in [0.1, 0.15) is 11.3 Å². The van der Waals surface area contributed by atoms with Crippen LogP contribution in [0.2, 0.25) is 0 Å². The van der Waals surface area contributed by atoms with Gasteiger partial charge in [-0.05, 0) is 28.8 Å². The standard InChI is InChI=1S/C21H27N3O4S/c1-4-14(2)21(27)23-7-5-16-19(20(26)22-12-15-6-10-29-13-15)17(28-3)11-18(25)24(16)9-8-23/h6,10-11,13-14H,4-5,7-9,12H2,1-3H3,(H,22,26). The van der Waals surface area contributed by atoms with Crippen molar-refractivity contribution >= 4 is 23.2 Å². The highest BCUT2D eigenvalue weighted by molar-refractivity contribution is 7.07. The molecule has 2 aromatic rings. The van der Waals surface area contributed by atoms with Gasteiger partial charge >= 0.3 is 0 Å². The van der Waals surface area contributed by atoms with E-state index in [0.717, 1.165) is 12.0 Å². The van der Waals surface area contributed by atoms with Crippen LogP contribution < -0.4 is 15.6 Å². The molecule has 0 bridgehead atoms. The van der Waals surface area contributed by atoms with Crippen molar-refractivity contribution in [2.24, 2.45) is 5.92 Å². The van der Waals surface area contributed by atoms with Crippen molar-refractivity contribution in [3.8, 4) is 5.75 Å². The molecule has 0 radical (unpaired) electrons. The van der Waals surface area contributed by atoms with Gasteiger partial charge in [0, 0.05) is 50.3 Å². The monoisotopic (exact) mass is 417 g/mol. The van der Waals surface area contributed by atoms with Crippen molar-refractivity contribution < 1.29 is 14.3 Å². The maximum atomic E-state index is 13.0. The van der Waals surface area contributed by atoms with Crippen molar-refractivity contribution in [2.75, 3.05) is 20.2 Å². The Morgan fingerprint density at radius 3 is 2.76 bits per heavy atom. The van der Waals surface area contributed by atoms with Crippen LogP contribution in [-0.2, 0) is 24.3 Å². The van der Waals surface area contributed by atoms with Crippen LogP contribution in [0.15, 0.2) is 27.7 Å². The van der Waals surface area contributed by atoms with E-state index in [4.69, 9.17) is 4.74 Å². The van der Waals surface area contributed by atoms with Crippen molar-refractivity contribution in [1.82, 2.24) is 14.8 Å². The fourth-order valence-electron chi connectivity index (χ4n) is 3.53. The number of aromatic nitrogens is 1. The van der Waals surface area contributed by atoms with E-state index in [1.54, 1.807) is 20.8 Å². The van der Waals surface area contributed by atoms with Gasteiger partial charge in [-0.2, -0.15) is 11.3 Å². The van der Waals surface area contributed by atoms with Crippen LogP contribution in [-0.4, -0.2) is 41.5 Å². The Hall–Kier alpha value is -2.61. The first-order chi connectivity index (χ1) is 14.0. The number of rotatable bonds is 6. The summed E-state index contributed by atoms with van der Waals surface area (Å²) in [4.78, 5) is 40.1. The Kier molecular flexibility index (Phi) is 6.74. The van der Waals surface area contributed by atoms with Gasteiger partial charge in [0.25, 0.3) is 11.5 Å². The number of carbonyl (C=O) groups excluding carboxylic acids is 2. The molecule has 1 atom stereocenters. The molecule has 156 valence electrons. The summed E-state index contributed by atoms with van der Waals surface area (Å²) in [6.45, 7) is 5.60. The number of fused-ring (bicyclic) bond motifs is 1. The molecule has 29 heavy (non-hydrogen) atoms. The molecule has 1 unspecified atom stereocenters. The summed E-state index contributed by atoms with van der Waals surface area (Å²) in [6.07, 6.45) is 1.20. The lowest BCUT2D eigenvalue weighted by atomic mass is 10.1. The number of hydrogen-bond acceptors (Lipinski definition) is 5. The number of carbonyl (C=O) groups is 2. The lowest BCUT2D eigenvalue weighted by molar-refractivity contribution is -0.135. The van der Waals surface area contributed by atoms with E-state index < -0.39 is 0 Å². The summed E-state index contributed by atoms with van der Waals surface area (Å²) in [5, 5.41) is 6.85. The highest BCUT2D eigenvalue weighted by Gasteiger charge is 2.27. The van der Waals surface area contributed by atoms with Crippen molar-refractivity contribution in [3.05, 3.63) is 50.1 Å². The molecule has 8 heteroatoms. The first-order valence-corrected chi connectivity index (χ1v) is 10.8. The third-order valence-corrected chi connectivity index (χ3v) is 6.15. The zero-order valence-corrected chi connectivity index (χ0v) is 17.9. The van der Waals surface area contributed by atoms with Crippen molar-refractivity contribution in [3.63, 3.8) is 0 Å². The summed E-state index contributed by atoms with van der Waals surface area (Å²) in [5.41, 5.74) is 1.80. The van der Waals surface area contributed by atoms with Gasteiger partial charge in [-0.15, -0.1) is 0 Å². The van der Waals surface area contributed by atoms with Crippen LogP contribution in [0.5, 0.6) is 5.75 Å². The molecule has 3 heterocycles. The Labute approximate surface area is 174 Å². The fourth-order valence-corrected chi connectivity index (χ4v) is 4.19. The molecule has 0 aliphatic carbocycles. The highest BCUT2D eigenvalue weighted by Crippen LogP contribution is 2.23. The number of methoxy groups -OCH3 is 1. The molecule has 2 amide bonds. The second kappa shape index (κ2) is 9.26. The number of amides is 2. The number of thiophene rings is 1. The van der Waals surface area contributed by atoms with E-state index >= 15 is 0 Å². The fraction of sp³-hybridized carbons (Fsp3) is 0.476. The van der Waals surface area contributed by atoms with Crippen LogP contribution in [0.4, 0.5) is 0 Å². The summed E-state index contributed by atoms with van der Waals surface area (Å²) in [6, 6.07) is 3.31. The van der Waals surface area contributed by atoms with E-state index in [9.17, 15) is 14.4 Å². The summed E-state index contributed by atoms with van der Waals surface area (Å²) in [7, 11) is 1.46. The molecule has 0 saturated heterocycles. The third-order valence-electron chi connectivity index (χ3n) is 5.42. The molecule has 2 aromatic heterocycles. The Bertz CT molecular complexity index is 936. The molecule has 0 spiro atoms. The number of hydrogen-bond donors (Lipinski definition) is 1. The first-order valence-electron chi connectivity index (χ1n) is 9.85. The van der Waals surface area contributed by atoms with Crippen LogP contribution >= 0.6 is 11.3 Å². The molecular weight excluding hydrogens is 390 g/mol. The van der Waals surface area contributed by atoms with Crippen LogP contribution in [0, 0.1) is 5.92 Å². The Balaban J connectivity index is 1.90. The van der Waals surface area contributed by atoms with Crippen molar-refractivity contribution in [1.29, 1.82) is 0 Å². The molecule has 0 saturated carbocycles. The quantitative estimate of drug-likeness (QED) is 0.782. The molecule has 1 aliphatic heterocycles. The van der Waals surface area contributed by atoms with Gasteiger partial charge in [0.15, 0.2) is 0 Å². The maximum absolute atomic E-state index is 13.0. The van der Waals surface area contributed by atoms with Gasteiger partial charge in [-0.3, -0.25) is 14.4 Å². The van der Waals surface area contributed by atoms with Crippen LogP contribution in [0.1, 0.15) is 41.9 Å². The largest absolute Gasteiger partial charge is 0.496 e. The average molecular weight is 418 g/mol. The predicted octanol–water partition coefficient (Wildman–Crippen LogP) is 2.28. The molecule has 7 nitrogen and oxygen atoms in total. The second-order valence-electron chi connectivity index (χ2n) is 7.22. The van der Waals surface area contributed by atoms with E-state index in [0.29, 0.717) is 43.9 Å². The van der Waals surface area contributed by atoms with Crippen LogP contribution in [0.3, 0.4) is 0 Å². The molecule has 1 aliphatic rings. The van der Waals surface area contributed by atoms with E-state index in [2.05, 4.69) is 5.32 Å². The van der Waals surface area contributed by atoms with Crippen LogP contribution in [0.25, 0.3) is 0 Å². The molecular formula is C21H27N3O4S. The predicted molar refractivity (Wildman–Crippen MR) is 112 cm³/mol. The number of pyridine rings is 1. The summed E-state index contributed by atoms with van der Waals surface area (Å²) in [5.74, 6) is 0.0175. The minimum absolute atomic E-state index is 0.0594. The molecule has 0 fully saturated rings. The van der Waals surface area contributed by atoms with E-state index in [1.165, 1.54) is 13.2 Å². The van der Waals surface area contributed by atoms with E-state index in [-0.39, 0.29) is 29.0 Å². The summed E-state index contributed by atoms with van der Waals surface area (Å²) >= 11 is 1.57. The zero-order valence-electron chi connectivity index (χ0n) is 17.1. The lowest BCUT2D eigenvalue weighted by Gasteiger charge is -2.23. The van der Waals surface area contributed by atoms with Gasteiger partial charge in [0.05, 0.1) is 7.11 Å². The number of ether oxygens (including phenoxy) is 1. The SMILES string of the molecule is CCC(C)C(=O)N1CCc2c(C(=O)NCc3ccsc3)c(OC)cc(=O)n2CC1. The van der Waals surface area contributed by atoms with E-state index in [1.807, 2.05) is 30.7 Å². The van der Waals surface area contributed by atoms with Gasteiger partial charge < -0.3 is 19.5 Å². The normalized spacial score (nSPS) is 14.7. The number of nitrogens with zero attached hydrogens (tertiary/aromatic N) is 2. The minimum Gasteiger partial charge on any atom is -0.496 e. The molecule has 1 N–H and O–H groups in total. The van der Waals surface area contributed by atoms with Gasteiger partial charge in [0.2, 0.25) is 5.91 Å². The Morgan fingerprint density at radius 1 is 1.31 bits per heavy atom. The Morgan fingerprint density at radius 2 is 2.10 bits per heavy atom. The van der Waals surface area contributed by atoms with Crippen molar-refractivity contribution in [2.45, 2.75) is 39.8 Å².